The van der Waals surface area contributed by atoms with E-state index in [-0.39, 0.29) is 5.75 Å². The molecule has 0 bridgehead atoms. The molecule has 1 rings (SSSR count). The Bertz CT molecular complexity index is 327. The van der Waals surface area contributed by atoms with Crippen LogP contribution in [0.4, 0.5) is 0 Å². The molecular weight excluding hydrogens is 296 g/mol. The molecular formula is C10H11BrO2S2. The molecule has 0 saturated carbocycles. The minimum atomic E-state index is -1.11. The molecule has 0 fully saturated rings. The molecule has 0 heterocycles. The average Bonchev–Trinajstić information content (AvgIpc) is 2.18. The second-order valence-electron chi connectivity index (χ2n) is 2.75. The van der Waals surface area contributed by atoms with Gasteiger partial charge in [-0.1, -0.05) is 15.9 Å². The van der Waals surface area contributed by atoms with Gasteiger partial charge < -0.3 is 9.29 Å². The van der Waals surface area contributed by atoms with Gasteiger partial charge in [0.15, 0.2) is 10.6 Å². The number of halogens is 1. The van der Waals surface area contributed by atoms with Crippen LogP contribution in [0.5, 0.6) is 0 Å². The summed E-state index contributed by atoms with van der Waals surface area (Å²) in [5.41, 5.74) is 0. The van der Waals surface area contributed by atoms with Crippen LogP contribution in [0.1, 0.15) is 6.92 Å². The molecule has 1 aromatic rings. The fourth-order valence-corrected chi connectivity index (χ4v) is 2.59. The number of ether oxygens (including phenoxy) is 1. The first-order valence-corrected chi connectivity index (χ1v) is 6.95. The molecule has 0 aliphatic rings. The lowest BCUT2D eigenvalue weighted by molar-refractivity contribution is 0.334. The van der Waals surface area contributed by atoms with Crippen molar-refractivity contribution in [2.24, 2.45) is 0 Å². The number of benzene rings is 1. The second kappa shape index (κ2) is 6.48. The maximum atomic E-state index is 11.8. The van der Waals surface area contributed by atoms with Crippen molar-refractivity contribution in [3.05, 3.63) is 28.7 Å². The van der Waals surface area contributed by atoms with E-state index < -0.39 is 11.2 Å². The van der Waals surface area contributed by atoms with Gasteiger partial charge in [0, 0.05) is 4.47 Å². The Morgan fingerprint density at radius 1 is 1.47 bits per heavy atom. The summed E-state index contributed by atoms with van der Waals surface area (Å²) in [5, 5.41) is 0.402. The molecule has 0 aliphatic heterocycles. The largest absolute Gasteiger partial charge is 0.611 e. The van der Waals surface area contributed by atoms with Gasteiger partial charge >= 0.3 is 0 Å². The normalized spacial score (nSPS) is 12.2. The zero-order chi connectivity index (χ0) is 11.3. The molecule has 1 atom stereocenters. The van der Waals surface area contributed by atoms with Gasteiger partial charge in [-0.15, -0.1) is 0 Å². The topological polar surface area (TPSA) is 32.3 Å². The first-order valence-electron chi connectivity index (χ1n) is 4.43. The molecule has 5 heteroatoms. The SMILES string of the molecule is CCOC(=S)C[S+]([O-])c1ccc(Br)cc1. The Balaban J connectivity index is 2.57. The van der Waals surface area contributed by atoms with E-state index in [4.69, 9.17) is 17.0 Å². The van der Waals surface area contributed by atoms with Crippen molar-refractivity contribution >= 4 is 44.4 Å². The van der Waals surface area contributed by atoms with Crippen molar-refractivity contribution in [3.63, 3.8) is 0 Å². The van der Waals surface area contributed by atoms with Gasteiger partial charge in [0.25, 0.3) is 0 Å². The summed E-state index contributed by atoms with van der Waals surface area (Å²) in [6, 6.07) is 7.34. The van der Waals surface area contributed by atoms with Crippen LogP contribution in [0.2, 0.25) is 0 Å². The standard InChI is InChI=1S/C10H11BrO2S2/c1-2-13-10(14)7-15(12)9-5-3-8(11)4-6-9/h3-6H,2,7H2,1H3. The van der Waals surface area contributed by atoms with Gasteiger partial charge in [0.1, 0.15) is 0 Å². The highest BCUT2D eigenvalue weighted by atomic mass is 79.9. The monoisotopic (exact) mass is 306 g/mol. The molecule has 0 spiro atoms. The van der Waals surface area contributed by atoms with Crippen LogP contribution in [-0.4, -0.2) is 22.0 Å². The Labute approximate surface area is 106 Å². The van der Waals surface area contributed by atoms with Gasteiger partial charge in [-0.3, -0.25) is 0 Å². The van der Waals surface area contributed by atoms with E-state index in [2.05, 4.69) is 15.9 Å². The molecule has 0 aliphatic carbocycles. The van der Waals surface area contributed by atoms with Crippen molar-refractivity contribution in [2.45, 2.75) is 11.8 Å². The first-order chi connectivity index (χ1) is 7.13. The quantitative estimate of drug-likeness (QED) is 0.633. The fraction of sp³-hybridized carbons (Fsp3) is 0.300. The van der Waals surface area contributed by atoms with E-state index in [1.165, 1.54) is 0 Å². The van der Waals surface area contributed by atoms with E-state index in [1.54, 1.807) is 0 Å². The molecule has 82 valence electrons. The second-order valence-corrected chi connectivity index (χ2v) is 5.57. The van der Waals surface area contributed by atoms with Crippen LogP contribution in [-0.2, 0) is 15.9 Å². The minimum absolute atomic E-state index is 0.283. The van der Waals surface area contributed by atoms with Crippen molar-refractivity contribution in [3.8, 4) is 0 Å². The number of rotatable bonds is 4. The molecule has 0 saturated heterocycles. The maximum absolute atomic E-state index is 11.8. The van der Waals surface area contributed by atoms with Gasteiger partial charge in [0.2, 0.25) is 5.05 Å². The van der Waals surface area contributed by atoms with Gasteiger partial charge in [0.05, 0.1) is 6.61 Å². The average molecular weight is 307 g/mol. The van der Waals surface area contributed by atoms with E-state index >= 15 is 0 Å². The Morgan fingerprint density at radius 3 is 2.60 bits per heavy atom. The maximum Gasteiger partial charge on any atom is 0.210 e. The molecule has 1 aromatic carbocycles. The highest BCUT2D eigenvalue weighted by Gasteiger charge is 2.13. The van der Waals surface area contributed by atoms with Crippen LogP contribution >= 0.6 is 28.1 Å². The van der Waals surface area contributed by atoms with E-state index in [1.807, 2.05) is 31.2 Å². The summed E-state index contributed by atoms with van der Waals surface area (Å²) in [6.07, 6.45) is 0. The highest BCUT2D eigenvalue weighted by Crippen LogP contribution is 2.16. The lowest BCUT2D eigenvalue weighted by Gasteiger charge is -2.11. The molecule has 0 N–H and O–H groups in total. The van der Waals surface area contributed by atoms with Crippen LogP contribution in [0, 0.1) is 0 Å². The summed E-state index contributed by atoms with van der Waals surface area (Å²) in [4.78, 5) is 0.764. The summed E-state index contributed by atoms with van der Waals surface area (Å²) in [7, 11) is 0. The summed E-state index contributed by atoms with van der Waals surface area (Å²) in [6.45, 7) is 2.38. The molecule has 0 amide bonds. The van der Waals surface area contributed by atoms with Crippen molar-refractivity contribution < 1.29 is 9.29 Å². The van der Waals surface area contributed by atoms with Crippen molar-refractivity contribution in [1.82, 2.24) is 0 Å². The zero-order valence-electron chi connectivity index (χ0n) is 8.23. The molecule has 2 nitrogen and oxygen atoms in total. The van der Waals surface area contributed by atoms with Crippen LogP contribution in [0.15, 0.2) is 33.6 Å². The predicted octanol–water partition coefficient (Wildman–Crippen LogP) is 2.92. The molecule has 15 heavy (non-hydrogen) atoms. The first kappa shape index (κ1) is 13.0. The van der Waals surface area contributed by atoms with Gasteiger partial charge in [-0.2, -0.15) is 0 Å². The van der Waals surface area contributed by atoms with Crippen molar-refractivity contribution in [1.29, 1.82) is 0 Å². The molecule has 0 aromatic heterocycles. The minimum Gasteiger partial charge on any atom is -0.611 e. The van der Waals surface area contributed by atoms with Crippen LogP contribution in [0.3, 0.4) is 0 Å². The summed E-state index contributed by atoms with van der Waals surface area (Å²) < 4.78 is 17.8. The third kappa shape index (κ3) is 4.51. The Kier molecular flexibility index (Phi) is 5.60. The highest BCUT2D eigenvalue weighted by molar-refractivity contribution is 9.10. The lowest BCUT2D eigenvalue weighted by atomic mass is 10.4. The fourth-order valence-electron chi connectivity index (χ4n) is 0.979. The number of thiocarbonyl (C=S) groups is 1. The summed E-state index contributed by atoms with van der Waals surface area (Å²) >= 11 is 7.14. The zero-order valence-corrected chi connectivity index (χ0v) is 11.5. The van der Waals surface area contributed by atoms with Gasteiger partial charge in [-0.25, -0.2) is 0 Å². The molecule has 0 radical (unpaired) electrons. The molecule has 1 unspecified atom stereocenters. The van der Waals surface area contributed by atoms with E-state index in [9.17, 15) is 4.55 Å². The third-order valence-electron chi connectivity index (χ3n) is 1.63. The van der Waals surface area contributed by atoms with E-state index in [0.29, 0.717) is 11.7 Å². The lowest BCUT2D eigenvalue weighted by Crippen LogP contribution is -2.17. The Morgan fingerprint density at radius 2 is 2.07 bits per heavy atom. The number of hydrogen-bond donors (Lipinski definition) is 0. The number of hydrogen-bond acceptors (Lipinski definition) is 3. The smallest absolute Gasteiger partial charge is 0.210 e. The Hall–Kier alpha value is -0.100. The summed E-state index contributed by atoms with van der Waals surface area (Å²) in [5.74, 6) is 0.283. The van der Waals surface area contributed by atoms with E-state index in [0.717, 1.165) is 9.37 Å². The predicted molar refractivity (Wildman–Crippen MR) is 69.6 cm³/mol. The van der Waals surface area contributed by atoms with Gasteiger partial charge in [-0.05, 0) is 54.6 Å². The van der Waals surface area contributed by atoms with Crippen molar-refractivity contribution in [2.75, 3.05) is 12.4 Å². The van der Waals surface area contributed by atoms with Crippen LogP contribution in [0.25, 0.3) is 0 Å². The third-order valence-corrected chi connectivity index (χ3v) is 3.93. The van der Waals surface area contributed by atoms with Crippen LogP contribution < -0.4 is 0 Å².